The fraction of sp³-hybridized carbons (Fsp3) is 0.606. The zero-order chi connectivity index (χ0) is 25.4. The maximum Gasteiger partial charge on any atom is 0.312 e. The number of benzene rings is 2. The first-order valence-corrected chi connectivity index (χ1v) is 12.3. The van der Waals surface area contributed by atoms with Crippen LogP contribution in [0.4, 0.5) is 0 Å². The van der Waals surface area contributed by atoms with Gasteiger partial charge in [-0.2, -0.15) is 0 Å². The second-order valence-corrected chi connectivity index (χ2v) is 12.3. The molecule has 196 valence electrons. The van der Waals surface area contributed by atoms with Crippen LogP contribution in [-0.2, 0) is 14.9 Å². The van der Waals surface area contributed by atoms with Crippen molar-refractivity contribution in [3.63, 3.8) is 0 Å². The fourth-order valence-corrected chi connectivity index (χ4v) is 5.60. The molecule has 0 saturated carbocycles. The van der Waals surface area contributed by atoms with Gasteiger partial charge in [0.05, 0.1) is 10.8 Å². The Morgan fingerprint density at radius 2 is 0.943 bits per heavy atom. The van der Waals surface area contributed by atoms with Gasteiger partial charge in [-0.25, -0.2) is 0 Å². The monoisotopic (exact) mass is 480 g/mol. The summed E-state index contributed by atoms with van der Waals surface area (Å²) in [5.41, 5.74) is 15.0. The Labute approximate surface area is 216 Å². The van der Waals surface area contributed by atoms with Crippen LogP contribution in [0.15, 0.2) is 0 Å². The molecule has 0 atom stereocenters. The standard InChI is InChI=1S/C31H44O2.2CH4/c1-16-18(3)22(7)26-24(20(16)5)25-21(6)17(2)19(4)23(8)27(25)31(26,14)15-33-28(32)30(12,13)29(9,10)11;;/h15H2,1-14H3;2*1H4. The highest BCUT2D eigenvalue weighted by Gasteiger charge is 2.47. The van der Waals surface area contributed by atoms with E-state index >= 15 is 0 Å². The lowest BCUT2D eigenvalue weighted by Crippen LogP contribution is -2.41. The lowest BCUT2D eigenvalue weighted by molar-refractivity contribution is -0.161. The number of hydrogen-bond donors (Lipinski definition) is 0. The Hall–Kier alpha value is -2.09. The van der Waals surface area contributed by atoms with Crippen molar-refractivity contribution in [1.82, 2.24) is 0 Å². The summed E-state index contributed by atoms with van der Waals surface area (Å²) >= 11 is 0. The normalized spacial score (nSPS) is 14.0. The summed E-state index contributed by atoms with van der Waals surface area (Å²) in [6, 6.07) is 0. The number of hydrogen-bond acceptors (Lipinski definition) is 2. The van der Waals surface area contributed by atoms with Crippen molar-refractivity contribution >= 4 is 5.97 Å². The average Bonchev–Trinajstić information content (AvgIpc) is 3.00. The molecule has 0 aliphatic heterocycles. The third kappa shape index (κ3) is 4.15. The summed E-state index contributed by atoms with van der Waals surface area (Å²) in [5.74, 6) is -0.123. The van der Waals surface area contributed by atoms with E-state index in [0.29, 0.717) is 6.61 Å². The van der Waals surface area contributed by atoms with Crippen molar-refractivity contribution in [3.05, 3.63) is 55.6 Å². The van der Waals surface area contributed by atoms with Gasteiger partial charge in [0.2, 0.25) is 0 Å². The fourth-order valence-electron chi connectivity index (χ4n) is 5.60. The Balaban J connectivity index is 0.00000306. The van der Waals surface area contributed by atoms with Crippen molar-refractivity contribution in [1.29, 1.82) is 0 Å². The largest absolute Gasteiger partial charge is 0.464 e. The van der Waals surface area contributed by atoms with Crippen LogP contribution in [-0.4, -0.2) is 12.6 Å². The maximum atomic E-state index is 13.4. The second kappa shape index (κ2) is 9.41. The highest BCUT2D eigenvalue weighted by molar-refractivity contribution is 5.90. The third-order valence-electron chi connectivity index (χ3n) is 9.61. The molecule has 3 rings (SSSR count). The summed E-state index contributed by atoms with van der Waals surface area (Å²) in [5, 5.41) is 0. The van der Waals surface area contributed by atoms with Crippen molar-refractivity contribution in [3.8, 4) is 11.1 Å². The first-order chi connectivity index (χ1) is 14.9. The molecular weight excluding hydrogens is 428 g/mol. The number of carbonyl (C=O) groups excluding carboxylic acids is 1. The molecule has 0 heterocycles. The zero-order valence-electron chi connectivity index (χ0n) is 23.5. The summed E-state index contributed by atoms with van der Waals surface area (Å²) in [6.07, 6.45) is 0. The molecule has 2 aromatic rings. The van der Waals surface area contributed by atoms with Gasteiger partial charge in [-0.1, -0.05) is 35.6 Å². The van der Waals surface area contributed by atoms with E-state index in [2.05, 4.69) is 83.1 Å². The first kappa shape index (κ1) is 30.9. The lowest BCUT2D eigenvalue weighted by Gasteiger charge is -2.38. The zero-order valence-corrected chi connectivity index (χ0v) is 23.5. The number of rotatable bonds is 3. The van der Waals surface area contributed by atoms with Crippen molar-refractivity contribution in [2.75, 3.05) is 6.61 Å². The summed E-state index contributed by atoms with van der Waals surface area (Å²) in [4.78, 5) is 13.4. The Morgan fingerprint density at radius 3 is 1.26 bits per heavy atom. The summed E-state index contributed by atoms with van der Waals surface area (Å²) < 4.78 is 6.23. The highest BCUT2D eigenvalue weighted by Crippen LogP contribution is 2.56. The Kier molecular flexibility index (Phi) is 8.32. The molecule has 0 aromatic heterocycles. The van der Waals surface area contributed by atoms with E-state index in [1.54, 1.807) is 0 Å². The van der Waals surface area contributed by atoms with Gasteiger partial charge < -0.3 is 4.74 Å². The quantitative estimate of drug-likeness (QED) is 0.409. The molecule has 1 aliphatic rings. The molecule has 0 N–H and O–H groups in total. The van der Waals surface area contributed by atoms with Crippen LogP contribution in [0.5, 0.6) is 0 Å². The summed E-state index contributed by atoms with van der Waals surface area (Å²) in [7, 11) is 0. The molecule has 0 saturated heterocycles. The molecule has 2 aromatic carbocycles. The molecule has 0 radical (unpaired) electrons. The predicted molar refractivity (Wildman–Crippen MR) is 154 cm³/mol. The molecule has 2 heteroatoms. The molecule has 0 spiro atoms. The molecule has 0 fully saturated rings. The van der Waals surface area contributed by atoms with Crippen LogP contribution >= 0.6 is 0 Å². The van der Waals surface area contributed by atoms with Gasteiger partial charge in [0.1, 0.15) is 6.61 Å². The molecular formula is C33H52O2. The highest BCUT2D eigenvalue weighted by atomic mass is 16.5. The Bertz CT molecular complexity index is 1100. The molecule has 2 nitrogen and oxygen atoms in total. The number of fused-ring (bicyclic) bond motifs is 3. The van der Waals surface area contributed by atoms with E-state index < -0.39 is 5.41 Å². The molecule has 0 unspecified atom stereocenters. The van der Waals surface area contributed by atoms with Crippen LogP contribution in [0.25, 0.3) is 11.1 Å². The van der Waals surface area contributed by atoms with Gasteiger partial charge >= 0.3 is 5.97 Å². The van der Waals surface area contributed by atoms with Crippen molar-refractivity contribution < 1.29 is 9.53 Å². The van der Waals surface area contributed by atoms with E-state index in [0.717, 1.165) is 0 Å². The predicted octanol–water partition coefficient (Wildman–Crippen LogP) is 9.33. The number of carbonyl (C=O) groups is 1. The van der Waals surface area contributed by atoms with Gasteiger partial charge in [-0.3, -0.25) is 4.79 Å². The molecule has 1 aliphatic carbocycles. The molecule has 35 heavy (non-hydrogen) atoms. The van der Waals surface area contributed by atoms with E-state index in [-0.39, 0.29) is 31.7 Å². The van der Waals surface area contributed by atoms with Gasteiger partial charge in [-0.15, -0.1) is 0 Å². The van der Waals surface area contributed by atoms with Gasteiger partial charge in [0, 0.05) is 0 Å². The SMILES string of the molecule is C.C.Cc1c(C)c(C)c2c(c1C)-c1c(C)c(C)c(C)c(C)c1C2(C)COC(=O)C(C)(C)C(C)(C)C. The first-order valence-electron chi connectivity index (χ1n) is 12.3. The van der Waals surface area contributed by atoms with E-state index in [1.807, 2.05) is 13.8 Å². The van der Waals surface area contributed by atoms with Gasteiger partial charge in [-0.05, 0) is 148 Å². The van der Waals surface area contributed by atoms with E-state index in [1.165, 1.54) is 66.8 Å². The van der Waals surface area contributed by atoms with Crippen LogP contribution in [0.3, 0.4) is 0 Å². The van der Waals surface area contributed by atoms with Crippen LogP contribution in [0, 0.1) is 66.2 Å². The third-order valence-corrected chi connectivity index (χ3v) is 9.61. The minimum absolute atomic E-state index is 0. The minimum atomic E-state index is -0.573. The van der Waals surface area contributed by atoms with Gasteiger partial charge in [0.15, 0.2) is 0 Å². The van der Waals surface area contributed by atoms with Gasteiger partial charge in [0.25, 0.3) is 0 Å². The van der Waals surface area contributed by atoms with Crippen LogP contribution in [0.2, 0.25) is 0 Å². The van der Waals surface area contributed by atoms with Crippen LogP contribution in [0.1, 0.15) is 112 Å². The molecule has 0 bridgehead atoms. The smallest absolute Gasteiger partial charge is 0.312 e. The van der Waals surface area contributed by atoms with Crippen molar-refractivity contribution in [2.45, 2.75) is 117 Å². The van der Waals surface area contributed by atoms with Crippen LogP contribution < -0.4 is 0 Å². The lowest BCUT2D eigenvalue weighted by atomic mass is 9.69. The number of ether oxygens (including phenoxy) is 1. The summed E-state index contributed by atoms with van der Waals surface area (Å²) in [6.45, 7) is 30.9. The van der Waals surface area contributed by atoms with E-state index in [9.17, 15) is 4.79 Å². The van der Waals surface area contributed by atoms with Crippen molar-refractivity contribution in [2.24, 2.45) is 10.8 Å². The molecule has 0 amide bonds. The Morgan fingerprint density at radius 1 is 0.629 bits per heavy atom. The minimum Gasteiger partial charge on any atom is -0.464 e. The average molecular weight is 481 g/mol. The van der Waals surface area contributed by atoms with E-state index in [4.69, 9.17) is 4.74 Å². The number of esters is 1. The maximum absolute atomic E-state index is 13.4. The second-order valence-electron chi connectivity index (χ2n) is 12.3. The topological polar surface area (TPSA) is 26.3 Å².